The Morgan fingerprint density at radius 1 is 0.922 bits per heavy atom. The van der Waals surface area contributed by atoms with Gasteiger partial charge in [0.1, 0.15) is 18.3 Å². The van der Waals surface area contributed by atoms with Crippen LogP contribution in [0.25, 0.3) is 27.8 Å². The number of imidazole rings is 1. The molecule has 1 aliphatic rings. The van der Waals surface area contributed by atoms with Gasteiger partial charge >= 0.3 is 0 Å². The van der Waals surface area contributed by atoms with Gasteiger partial charge in [-0.3, -0.25) is 0 Å². The van der Waals surface area contributed by atoms with Gasteiger partial charge in [-0.1, -0.05) is 35.3 Å². The van der Waals surface area contributed by atoms with Crippen molar-refractivity contribution in [3.05, 3.63) is 82.5 Å². The summed E-state index contributed by atoms with van der Waals surface area (Å²) in [5.74, 6) is 3.70. The van der Waals surface area contributed by atoms with E-state index in [2.05, 4.69) is 43.3 Å². The largest absolute Gasteiger partial charge is 0.497 e. The van der Waals surface area contributed by atoms with Crippen molar-refractivity contribution in [1.82, 2.24) is 39.3 Å². The second kappa shape index (κ2) is 15.2. The maximum Gasteiger partial charge on any atom is 0.232 e. The number of ether oxygens (including phenoxy) is 3. The summed E-state index contributed by atoms with van der Waals surface area (Å²) in [6, 6.07) is 13.5. The second-order valence-corrected chi connectivity index (χ2v) is 18.5. The van der Waals surface area contributed by atoms with E-state index in [1.807, 2.05) is 36.4 Å². The molecule has 7 rings (SSSR count). The maximum absolute atomic E-state index is 6.55. The molecule has 1 aliphatic heterocycles. The average Bonchev–Trinajstić information content (AvgIpc) is 3.71. The molecule has 0 atom stereocenters. The zero-order valence-electron chi connectivity index (χ0n) is 29.0. The van der Waals surface area contributed by atoms with E-state index in [-0.39, 0.29) is 0 Å². The molecule has 268 valence electrons. The zero-order chi connectivity index (χ0) is 35.5. The molecule has 0 bridgehead atoms. The van der Waals surface area contributed by atoms with E-state index < -0.39 is 10.0 Å². The molecular weight excluding hydrogens is 711 g/mol. The average molecular weight is 752 g/mol. The Labute approximate surface area is 307 Å². The maximum atomic E-state index is 6.55. The van der Waals surface area contributed by atoms with E-state index in [9.17, 15) is 0 Å². The SMILES string of the molecule is COc1ccc(CN(Cc2nc3cc(Cl)c(Cl)cc3n2COCCS(C)(C)C)c2nc(N3CCOCC3)nc3c(-c4ccnnc4)cnn23)cc1. The first kappa shape index (κ1) is 35.2. The van der Waals surface area contributed by atoms with Crippen LogP contribution in [-0.2, 0) is 29.3 Å². The normalized spacial score (nSPS) is 14.0. The fraction of sp³-hybridized carbons (Fsp3) is 0.371. The van der Waals surface area contributed by atoms with Gasteiger partial charge in [-0.15, -0.1) is 0 Å². The highest BCUT2D eigenvalue weighted by atomic mass is 35.5. The summed E-state index contributed by atoms with van der Waals surface area (Å²) in [6.45, 7) is 4.27. The van der Waals surface area contributed by atoms with Crippen LogP contribution in [0.3, 0.4) is 0 Å². The number of morpholine rings is 1. The smallest absolute Gasteiger partial charge is 0.232 e. The molecule has 4 aromatic heterocycles. The number of hydrogen-bond acceptors (Lipinski definition) is 11. The van der Waals surface area contributed by atoms with Crippen molar-refractivity contribution in [2.24, 2.45) is 0 Å². The van der Waals surface area contributed by atoms with Gasteiger partial charge in [-0.05, 0) is 54.7 Å². The van der Waals surface area contributed by atoms with E-state index in [1.54, 1.807) is 36.3 Å². The van der Waals surface area contributed by atoms with Crippen molar-refractivity contribution in [3.8, 4) is 16.9 Å². The van der Waals surface area contributed by atoms with Crippen molar-refractivity contribution in [2.45, 2.75) is 19.8 Å². The van der Waals surface area contributed by atoms with E-state index in [0.717, 1.165) is 45.1 Å². The number of benzene rings is 2. The Balaban J connectivity index is 1.36. The second-order valence-electron chi connectivity index (χ2n) is 13.1. The molecule has 0 N–H and O–H groups in total. The van der Waals surface area contributed by atoms with Gasteiger partial charge in [-0.2, -0.15) is 29.8 Å². The summed E-state index contributed by atoms with van der Waals surface area (Å²) in [5, 5.41) is 13.8. The van der Waals surface area contributed by atoms with Gasteiger partial charge < -0.3 is 28.6 Å². The van der Waals surface area contributed by atoms with E-state index in [1.165, 1.54) is 0 Å². The molecule has 0 radical (unpaired) electrons. The van der Waals surface area contributed by atoms with Crippen LogP contribution in [0.15, 0.2) is 61.1 Å². The van der Waals surface area contributed by atoms with Gasteiger partial charge in [0.25, 0.3) is 0 Å². The Hall–Kier alpha value is -4.21. The highest BCUT2D eigenvalue weighted by Crippen LogP contribution is 2.34. The van der Waals surface area contributed by atoms with Gasteiger partial charge in [0.05, 0.1) is 73.1 Å². The minimum absolute atomic E-state index is 0.300. The van der Waals surface area contributed by atoms with Crippen molar-refractivity contribution < 1.29 is 14.2 Å². The van der Waals surface area contributed by atoms with E-state index >= 15 is 0 Å². The standard InChI is InChI=1S/C35H40Cl2N10O3S/c1-48-26-7-5-24(6-8-26)21-45(22-32-41-30-17-28(36)29(37)18-31(30)46(32)23-50-15-16-51(2,3)4)35-43-34(44-11-13-49-14-12-44)42-33-27(20-40-47(33)35)25-9-10-38-39-19-25/h5-10,17-20H,11-16,21-23H2,1-4H3. The third kappa shape index (κ3) is 8.00. The van der Waals surface area contributed by atoms with Crippen LogP contribution in [0.5, 0.6) is 5.75 Å². The number of methoxy groups -OCH3 is 1. The van der Waals surface area contributed by atoms with Crippen LogP contribution >= 0.6 is 33.2 Å². The van der Waals surface area contributed by atoms with Crippen LogP contribution in [-0.4, -0.2) is 104 Å². The highest BCUT2D eigenvalue weighted by Gasteiger charge is 2.25. The lowest BCUT2D eigenvalue weighted by Crippen LogP contribution is -2.38. The molecular formula is C35H40Cl2N10O3S. The van der Waals surface area contributed by atoms with Crippen molar-refractivity contribution >= 4 is 61.8 Å². The third-order valence-corrected chi connectivity index (χ3v) is 10.7. The fourth-order valence-corrected chi connectivity index (χ4v) is 6.77. The molecule has 0 aliphatic carbocycles. The summed E-state index contributed by atoms with van der Waals surface area (Å²) in [5.41, 5.74) is 4.92. The van der Waals surface area contributed by atoms with E-state index in [4.69, 9.17) is 57.5 Å². The quantitative estimate of drug-likeness (QED) is 0.130. The minimum Gasteiger partial charge on any atom is -0.497 e. The third-order valence-electron chi connectivity index (χ3n) is 8.61. The summed E-state index contributed by atoms with van der Waals surface area (Å²) in [7, 11) is 0.934. The summed E-state index contributed by atoms with van der Waals surface area (Å²) >= 11 is 13.0. The van der Waals surface area contributed by atoms with Crippen molar-refractivity contribution in [2.75, 3.05) is 74.3 Å². The Morgan fingerprint density at radius 2 is 1.71 bits per heavy atom. The molecule has 1 fully saturated rings. The van der Waals surface area contributed by atoms with Crippen LogP contribution in [0.1, 0.15) is 11.4 Å². The van der Waals surface area contributed by atoms with Crippen LogP contribution < -0.4 is 14.5 Å². The molecule has 5 heterocycles. The fourth-order valence-electron chi connectivity index (χ4n) is 5.83. The molecule has 0 saturated carbocycles. The van der Waals surface area contributed by atoms with Crippen LogP contribution in [0.2, 0.25) is 10.0 Å². The number of hydrogen-bond donors (Lipinski definition) is 0. The number of anilines is 2. The lowest BCUT2D eigenvalue weighted by Gasteiger charge is -2.29. The molecule has 6 aromatic rings. The van der Waals surface area contributed by atoms with Gasteiger partial charge in [0.15, 0.2) is 5.65 Å². The molecule has 2 aromatic carbocycles. The zero-order valence-corrected chi connectivity index (χ0v) is 31.3. The number of rotatable bonds is 13. The number of fused-ring (bicyclic) bond motifs is 2. The number of aromatic nitrogens is 8. The molecule has 0 amide bonds. The first-order chi connectivity index (χ1) is 24.7. The monoisotopic (exact) mass is 750 g/mol. The van der Waals surface area contributed by atoms with Gasteiger partial charge in [0.2, 0.25) is 11.9 Å². The predicted octanol–water partition coefficient (Wildman–Crippen LogP) is 5.96. The van der Waals surface area contributed by atoms with Crippen LogP contribution in [0, 0.1) is 0 Å². The lowest BCUT2D eigenvalue weighted by atomic mass is 10.2. The summed E-state index contributed by atoms with van der Waals surface area (Å²) in [4.78, 5) is 19.6. The topological polar surface area (TPSA) is 121 Å². The van der Waals surface area contributed by atoms with Crippen molar-refractivity contribution in [1.29, 1.82) is 0 Å². The Bertz CT molecular complexity index is 2120. The minimum atomic E-state index is -0.726. The molecule has 13 nitrogen and oxygen atoms in total. The van der Waals surface area contributed by atoms with Crippen molar-refractivity contribution in [3.63, 3.8) is 0 Å². The summed E-state index contributed by atoms with van der Waals surface area (Å²) in [6.07, 6.45) is 12.0. The summed E-state index contributed by atoms with van der Waals surface area (Å²) < 4.78 is 21.3. The van der Waals surface area contributed by atoms with Crippen LogP contribution in [0.4, 0.5) is 11.9 Å². The Morgan fingerprint density at radius 3 is 2.43 bits per heavy atom. The lowest BCUT2D eigenvalue weighted by molar-refractivity contribution is 0.0903. The van der Waals surface area contributed by atoms with E-state index in [0.29, 0.717) is 80.3 Å². The molecule has 16 heteroatoms. The first-order valence-electron chi connectivity index (χ1n) is 16.5. The first-order valence-corrected chi connectivity index (χ1v) is 20.3. The number of halogens is 2. The Kier molecular flexibility index (Phi) is 10.5. The molecule has 0 spiro atoms. The molecule has 1 saturated heterocycles. The molecule has 0 unspecified atom stereocenters. The number of nitrogens with zero attached hydrogens (tertiary/aromatic N) is 10. The molecule has 51 heavy (non-hydrogen) atoms. The predicted molar refractivity (Wildman–Crippen MR) is 204 cm³/mol. The highest BCUT2D eigenvalue weighted by molar-refractivity contribution is 8.32. The van der Waals surface area contributed by atoms with Gasteiger partial charge in [0, 0.05) is 36.5 Å². The van der Waals surface area contributed by atoms with Gasteiger partial charge in [-0.25, -0.2) is 15.0 Å².